The van der Waals surface area contributed by atoms with Crippen molar-refractivity contribution in [3.8, 4) is 0 Å². The number of alkyl halides is 2. The van der Waals surface area contributed by atoms with Gasteiger partial charge in [-0.25, -0.2) is 8.42 Å². The summed E-state index contributed by atoms with van der Waals surface area (Å²) in [7, 11) is -3.34. The highest BCUT2D eigenvalue weighted by molar-refractivity contribution is 7.91. The Hall–Kier alpha value is -1.55. The van der Waals surface area contributed by atoms with E-state index in [0.717, 1.165) is 0 Å². The molecule has 1 aliphatic carbocycles. The molecule has 1 aliphatic rings. The number of allylic oxidation sites excluding steroid dienone is 4. The first-order chi connectivity index (χ1) is 10.9. The topological polar surface area (TPSA) is 34.1 Å². The molecule has 0 bridgehead atoms. The molecule has 0 atom stereocenters. The van der Waals surface area contributed by atoms with E-state index in [9.17, 15) is 8.42 Å². The lowest BCUT2D eigenvalue weighted by Crippen LogP contribution is -2.07. The van der Waals surface area contributed by atoms with Crippen molar-refractivity contribution in [2.75, 3.05) is 0 Å². The number of hydrogen-bond donors (Lipinski definition) is 0. The molecule has 0 saturated heterocycles. The van der Waals surface area contributed by atoms with Crippen LogP contribution in [0.15, 0.2) is 94.8 Å². The van der Waals surface area contributed by atoms with Crippen molar-refractivity contribution in [2.45, 2.75) is 20.5 Å². The molecule has 0 aliphatic heterocycles. The van der Waals surface area contributed by atoms with Crippen LogP contribution in [0.2, 0.25) is 0 Å². The van der Waals surface area contributed by atoms with E-state index in [1.165, 1.54) is 0 Å². The number of halogens is 2. The zero-order chi connectivity index (χ0) is 16.8. The Bertz CT molecular complexity index is 735. The van der Waals surface area contributed by atoms with Crippen molar-refractivity contribution in [3.63, 3.8) is 0 Å². The summed E-state index contributed by atoms with van der Waals surface area (Å²) in [6, 6.07) is 16.9. The van der Waals surface area contributed by atoms with Crippen LogP contribution in [0.25, 0.3) is 0 Å². The lowest BCUT2D eigenvalue weighted by Gasteiger charge is -2.13. The van der Waals surface area contributed by atoms with E-state index in [2.05, 4.69) is 0 Å². The van der Waals surface area contributed by atoms with E-state index in [4.69, 9.17) is 23.2 Å². The van der Waals surface area contributed by atoms with Crippen LogP contribution in [-0.2, 0) is 9.84 Å². The molecule has 5 heteroatoms. The fraction of sp³-hybridized carbons (Fsp3) is 0.111. The zero-order valence-corrected chi connectivity index (χ0v) is 14.6. The number of benzene rings is 2. The molecule has 0 N–H and O–H groups in total. The largest absolute Gasteiger partial charge is 0.219 e. The third-order valence-corrected chi connectivity index (χ3v) is 5.43. The minimum Gasteiger partial charge on any atom is -0.219 e. The zero-order valence-electron chi connectivity index (χ0n) is 12.3. The Balaban J connectivity index is 0.000000203. The van der Waals surface area contributed by atoms with E-state index in [1.807, 2.05) is 18.2 Å². The van der Waals surface area contributed by atoms with Gasteiger partial charge in [0, 0.05) is 6.42 Å². The minimum absolute atomic E-state index is 0.330. The van der Waals surface area contributed by atoms with Crippen LogP contribution in [0.4, 0.5) is 0 Å². The van der Waals surface area contributed by atoms with Crippen LogP contribution >= 0.6 is 23.2 Å². The maximum absolute atomic E-state index is 12.0. The van der Waals surface area contributed by atoms with Gasteiger partial charge in [0.1, 0.15) is 4.33 Å². The smallest absolute Gasteiger partial charge is 0.206 e. The van der Waals surface area contributed by atoms with Crippen molar-refractivity contribution < 1.29 is 8.42 Å². The molecule has 2 aromatic carbocycles. The standard InChI is InChI=1S/C12H10O2S.C6H6Cl2/c13-15(14,11-7-3-1-4-8-11)12-9-5-2-6-10-12;7-6(8)4-2-1-3-5-6/h1-10H;1-4H,5H2. The average molecular weight is 367 g/mol. The average Bonchev–Trinajstić information content (AvgIpc) is 2.57. The van der Waals surface area contributed by atoms with Gasteiger partial charge in [-0.2, -0.15) is 0 Å². The van der Waals surface area contributed by atoms with Crippen molar-refractivity contribution in [3.05, 3.63) is 85.0 Å². The molecule has 0 saturated carbocycles. The van der Waals surface area contributed by atoms with Crippen LogP contribution in [-0.4, -0.2) is 12.8 Å². The summed E-state index contributed by atoms with van der Waals surface area (Å²) in [6.07, 6.45) is 8.22. The van der Waals surface area contributed by atoms with E-state index < -0.39 is 14.2 Å². The Kier molecular flexibility index (Phi) is 6.05. The first-order valence-corrected chi connectivity index (χ1v) is 9.23. The monoisotopic (exact) mass is 366 g/mol. The van der Waals surface area contributed by atoms with Crippen LogP contribution in [0.3, 0.4) is 0 Å². The predicted octanol–water partition coefficient (Wildman–Crippen LogP) is 5.20. The lowest BCUT2D eigenvalue weighted by atomic mass is 10.2. The maximum Gasteiger partial charge on any atom is 0.206 e. The van der Waals surface area contributed by atoms with Gasteiger partial charge in [-0.3, -0.25) is 0 Å². The molecule has 120 valence electrons. The minimum atomic E-state index is -3.34. The third-order valence-electron chi connectivity index (χ3n) is 3.08. The summed E-state index contributed by atoms with van der Waals surface area (Å²) in [5, 5.41) is 0. The van der Waals surface area contributed by atoms with Crippen LogP contribution in [0.5, 0.6) is 0 Å². The van der Waals surface area contributed by atoms with Gasteiger partial charge in [0.25, 0.3) is 0 Å². The third kappa shape index (κ3) is 5.24. The van der Waals surface area contributed by atoms with Crippen molar-refractivity contribution in [1.82, 2.24) is 0 Å². The molecule has 0 spiro atoms. The molecule has 3 rings (SSSR count). The summed E-state index contributed by atoms with van der Waals surface area (Å²) in [5.41, 5.74) is 0. The molecule has 0 amide bonds. The first-order valence-electron chi connectivity index (χ1n) is 6.99. The van der Waals surface area contributed by atoms with Gasteiger partial charge >= 0.3 is 0 Å². The van der Waals surface area contributed by atoms with Gasteiger partial charge in [-0.15, -0.1) is 0 Å². The second-order valence-corrected chi connectivity index (χ2v) is 8.37. The number of sulfone groups is 1. The summed E-state index contributed by atoms with van der Waals surface area (Å²) in [5.74, 6) is 0. The van der Waals surface area contributed by atoms with Crippen LogP contribution in [0, 0.1) is 0 Å². The van der Waals surface area contributed by atoms with E-state index in [0.29, 0.717) is 16.2 Å². The highest BCUT2D eigenvalue weighted by Crippen LogP contribution is 2.29. The second-order valence-electron chi connectivity index (χ2n) is 4.88. The van der Waals surface area contributed by atoms with Gasteiger partial charge in [0.15, 0.2) is 0 Å². The highest BCUT2D eigenvalue weighted by atomic mass is 35.5. The molecular weight excluding hydrogens is 351 g/mol. The highest BCUT2D eigenvalue weighted by Gasteiger charge is 2.18. The van der Waals surface area contributed by atoms with Gasteiger partial charge in [-0.1, -0.05) is 77.8 Å². The van der Waals surface area contributed by atoms with Crippen LogP contribution in [0.1, 0.15) is 6.42 Å². The van der Waals surface area contributed by atoms with Gasteiger partial charge in [-0.05, 0) is 30.3 Å². The SMILES string of the molecule is ClC1(Cl)C=CC=CC1.O=S(=O)(c1ccccc1)c1ccccc1. The molecular formula is C18H16Cl2O2S. The molecule has 0 fully saturated rings. The molecule has 2 nitrogen and oxygen atoms in total. The molecule has 23 heavy (non-hydrogen) atoms. The normalized spacial score (nSPS) is 15.6. The summed E-state index contributed by atoms with van der Waals surface area (Å²) >= 11 is 11.4. The molecule has 0 heterocycles. The Morgan fingerprint density at radius 2 is 1.26 bits per heavy atom. The van der Waals surface area contributed by atoms with E-state index >= 15 is 0 Å². The maximum atomic E-state index is 12.0. The molecule has 2 aromatic rings. The molecule has 0 aromatic heterocycles. The quantitative estimate of drug-likeness (QED) is 0.684. The summed E-state index contributed by atoms with van der Waals surface area (Å²) in [4.78, 5) is 0.660. The van der Waals surface area contributed by atoms with Crippen molar-refractivity contribution in [2.24, 2.45) is 0 Å². The van der Waals surface area contributed by atoms with E-state index in [1.54, 1.807) is 66.7 Å². The summed E-state index contributed by atoms with van der Waals surface area (Å²) in [6.45, 7) is 0. The Morgan fingerprint density at radius 1 is 0.783 bits per heavy atom. The summed E-state index contributed by atoms with van der Waals surface area (Å²) < 4.78 is 23.4. The van der Waals surface area contributed by atoms with E-state index in [-0.39, 0.29) is 0 Å². The fourth-order valence-corrected chi connectivity index (χ4v) is 3.53. The predicted molar refractivity (Wildman–Crippen MR) is 95.7 cm³/mol. The first kappa shape index (κ1) is 17.8. The molecule has 0 unspecified atom stereocenters. The fourth-order valence-electron chi connectivity index (χ4n) is 1.90. The van der Waals surface area contributed by atoms with Gasteiger partial charge in [0.2, 0.25) is 9.84 Å². The van der Waals surface area contributed by atoms with Crippen molar-refractivity contribution >= 4 is 33.0 Å². The Morgan fingerprint density at radius 3 is 1.57 bits per heavy atom. The van der Waals surface area contributed by atoms with Gasteiger partial charge in [0.05, 0.1) is 9.79 Å². The van der Waals surface area contributed by atoms with Gasteiger partial charge < -0.3 is 0 Å². The lowest BCUT2D eigenvalue weighted by molar-refractivity contribution is 0.596. The molecule has 0 radical (unpaired) electrons. The number of hydrogen-bond acceptors (Lipinski definition) is 2. The van der Waals surface area contributed by atoms with Crippen molar-refractivity contribution in [1.29, 1.82) is 0 Å². The second kappa shape index (κ2) is 7.82. The van der Waals surface area contributed by atoms with Crippen LogP contribution < -0.4 is 0 Å². The Labute approximate surface area is 147 Å². The number of rotatable bonds is 2.